The van der Waals surface area contributed by atoms with Crippen molar-refractivity contribution in [3.63, 3.8) is 0 Å². The summed E-state index contributed by atoms with van der Waals surface area (Å²) in [5.41, 5.74) is 3.26. The molecule has 0 fully saturated rings. The smallest absolute Gasteiger partial charge is 0.134 e. The van der Waals surface area contributed by atoms with Crippen LogP contribution in [0.4, 0.5) is 0 Å². The average molecular weight is 221 g/mol. The van der Waals surface area contributed by atoms with E-state index in [1.165, 1.54) is 5.57 Å². The summed E-state index contributed by atoms with van der Waals surface area (Å²) in [6, 6.07) is 8.02. The molecule has 0 aliphatic heterocycles. The number of furan rings is 1. The number of fused-ring (bicyclic) bond motifs is 1. The molecular formula is C13H13ClO. The summed E-state index contributed by atoms with van der Waals surface area (Å²) >= 11 is 5.84. The van der Waals surface area contributed by atoms with Gasteiger partial charge in [0.25, 0.3) is 0 Å². The standard InChI is InChI=1S/C13H13ClO/c1-2-10(8-14)7-11-9-15-13-6-4-3-5-12(11)13/h3-7,9H,2,8H2,1H3/b10-7-. The van der Waals surface area contributed by atoms with E-state index in [9.17, 15) is 0 Å². The van der Waals surface area contributed by atoms with Crippen LogP contribution in [0.15, 0.2) is 40.5 Å². The molecule has 1 aromatic heterocycles. The van der Waals surface area contributed by atoms with E-state index in [1.807, 2.05) is 18.2 Å². The summed E-state index contributed by atoms with van der Waals surface area (Å²) < 4.78 is 5.45. The quantitative estimate of drug-likeness (QED) is 0.696. The van der Waals surface area contributed by atoms with Crippen LogP contribution in [-0.2, 0) is 0 Å². The van der Waals surface area contributed by atoms with Crippen molar-refractivity contribution >= 4 is 28.6 Å². The van der Waals surface area contributed by atoms with Crippen LogP contribution in [0.2, 0.25) is 0 Å². The van der Waals surface area contributed by atoms with Gasteiger partial charge in [0, 0.05) is 16.8 Å². The number of benzene rings is 1. The van der Waals surface area contributed by atoms with Crippen molar-refractivity contribution in [1.29, 1.82) is 0 Å². The van der Waals surface area contributed by atoms with Crippen LogP contribution in [0.5, 0.6) is 0 Å². The zero-order valence-corrected chi connectivity index (χ0v) is 9.42. The van der Waals surface area contributed by atoms with Crippen LogP contribution in [0.25, 0.3) is 17.0 Å². The molecule has 0 spiro atoms. The number of rotatable bonds is 3. The van der Waals surface area contributed by atoms with Gasteiger partial charge in [0.2, 0.25) is 0 Å². The third-order valence-electron chi connectivity index (χ3n) is 2.50. The number of alkyl halides is 1. The molecule has 1 heterocycles. The molecule has 2 aromatic rings. The molecule has 0 amide bonds. The molecular weight excluding hydrogens is 208 g/mol. The summed E-state index contributed by atoms with van der Waals surface area (Å²) in [7, 11) is 0. The van der Waals surface area contributed by atoms with E-state index < -0.39 is 0 Å². The molecule has 1 aromatic carbocycles. The molecule has 0 aliphatic rings. The Morgan fingerprint density at radius 2 is 2.20 bits per heavy atom. The van der Waals surface area contributed by atoms with Gasteiger partial charge in [-0.1, -0.05) is 36.8 Å². The largest absolute Gasteiger partial charge is 0.464 e. The summed E-state index contributed by atoms with van der Waals surface area (Å²) in [4.78, 5) is 0. The minimum absolute atomic E-state index is 0.579. The average Bonchev–Trinajstić information content (AvgIpc) is 2.69. The van der Waals surface area contributed by atoms with E-state index in [0.717, 1.165) is 23.0 Å². The summed E-state index contributed by atoms with van der Waals surface area (Å²) in [5, 5.41) is 1.15. The van der Waals surface area contributed by atoms with Crippen LogP contribution in [0.1, 0.15) is 18.9 Å². The zero-order valence-electron chi connectivity index (χ0n) is 8.66. The lowest BCUT2D eigenvalue weighted by Gasteiger charge is -1.97. The Balaban J connectivity index is 2.48. The number of allylic oxidation sites excluding steroid dienone is 1. The molecule has 0 N–H and O–H groups in total. The fourth-order valence-corrected chi connectivity index (χ4v) is 1.83. The molecule has 15 heavy (non-hydrogen) atoms. The van der Waals surface area contributed by atoms with Gasteiger partial charge < -0.3 is 4.42 Å². The van der Waals surface area contributed by atoms with E-state index in [-0.39, 0.29) is 0 Å². The Labute approximate surface area is 94.3 Å². The molecule has 0 aliphatic carbocycles. The van der Waals surface area contributed by atoms with Gasteiger partial charge in [0.1, 0.15) is 5.58 Å². The van der Waals surface area contributed by atoms with Crippen molar-refractivity contribution in [2.45, 2.75) is 13.3 Å². The van der Waals surface area contributed by atoms with Crippen molar-refractivity contribution in [1.82, 2.24) is 0 Å². The van der Waals surface area contributed by atoms with Gasteiger partial charge in [-0.05, 0) is 12.5 Å². The van der Waals surface area contributed by atoms with Gasteiger partial charge >= 0.3 is 0 Å². The van der Waals surface area contributed by atoms with Crippen LogP contribution in [0.3, 0.4) is 0 Å². The highest BCUT2D eigenvalue weighted by atomic mass is 35.5. The Kier molecular flexibility index (Phi) is 3.12. The predicted octanol–water partition coefficient (Wildman–Crippen LogP) is 4.47. The first-order valence-electron chi connectivity index (χ1n) is 5.06. The summed E-state index contributed by atoms with van der Waals surface area (Å²) in [6.45, 7) is 2.11. The number of hydrogen-bond donors (Lipinski definition) is 0. The molecule has 0 unspecified atom stereocenters. The maximum Gasteiger partial charge on any atom is 0.134 e. The van der Waals surface area contributed by atoms with Crippen molar-refractivity contribution in [2.75, 3.05) is 5.88 Å². The first kappa shape index (κ1) is 10.3. The first-order valence-corrected chi connectivity index (χ1v) is 5.60. The predicted molar refractivity (Wildman–Crippen MR) is 65.2 cm³/mol. The van der Waals surface area contributed by atoms with Gasteiger partial charge in [0.15, 0.2) is 0 Å². The number of hydrogen-bond acceptors (Lipinski definition) is 1. The minimum Gasteiger partial charge on any atom is -0.464 e. The molecule has 2 heteroatoms. The zero-order chi connectivity index (χ0) is 10.7. The topological polar surface area (TPSA) is 13.1 Å². The molecule has 0 bridgehead atoms. The molecule has 1 nitrogen and oxygen atoms in total. The van der Waals surface area contributed by atoms with E-state index in [0.29, 0.717) is 5.88 Å². The number of halogens is 1. The fraction of sp³-hybridized carbons (Fsp3) is 0.231. The van der Waals surface area contributed by atoms with Crippen molar-refractivity contribution in [2.24, 2.45) is 0 Å². The first-order chi connectivity index (χ1) is 7.35. The van der Waals surface area contributed by atoms with Crippen molar-refractivity contribution < 1.29 is 4.42 Å². The monoisotopic (exact) mass is 220 g/mol. The maximum atomic E-state index is 5.84. The lowest BCUT2D eigenvalue weighted by molar-refractivity contribution is 0.615. The van der Waals surface area contributed by atoms with Crippen LogP contribution < -0.4 is 0 Å². The van der Waals surface area contributed by atoms with Gasteiger partial charge in [0.05, 0.1) is 6.26 Å². The van der Waals surface area contributed by atoms with Crippen molar-refractivity contribution in [3.05, 3.63) is 41.7 Å². The Morgan fingerprint density at radius 1 is 1.40 bits per heavy atom. The maximum absolute atomic E-state index is 5.84. The molecule has 2 rings (SSSR count). The lowest BCUT2D eigenvalue weighted by atomic mass is 10.1. The molecule has 0 atom stereocenters. The second kappa shape index (κ2) is 4.54. The van der Waals surface area contributed by atoms with Crippen LogP contribution >= 0.6 is 11.6 Å². The van der Waals surface area contributed by atoms with Crippen LogP contribution in [0, 0.1) is 0 Å². The van der Waals surface area contributed by atoms with E-state index in [1.54, 1.807) is 6.26 Å². The second-order valence-electron chi connectivity index (χ2n) is 3.48. The highest BCUT2D eigenvalue weighted by Crippen LogP contribution is 2.23. The van der Waals surface area contributed by atoms with Gasteiger partial charge in [-0.3, -0.25) is 0 Å². The number of para-hydroxylation sites is 1. The van der Waals surface area contributed by atoms with E-state index in [4.69, 9.17) is 16.0 Å². The third-order valence-corrected chi connectivity index (χ3v) is 2.84. The van der Waals surface area contributed by atoms with Crippen molar-refractivity contribution in [3.8, 4) is 0 Å². The highest BCUT2D eigenvalue weighted by Gasteiger charge is 2.02. The second-order valence-corrected chi connectivity index (χ2v) is 3.74. The summed E-state index contributed by atoms with van der Waals surface area (Å²) in [5.74, 6) is 0.579. The fourth-order valence-electron chi connectivity index (χ4n) is 1.57. The Hall–Kier alpha value is -1.21. The molecule has 0 radical (unpaired) electrons. The van der Waals surface area contributed by atoms with Gasteiger partial charge in [-0.15, -0.1) is 11.6 Å². The summed E-state index contributed by atoms with van der Waals surface area (Å²) in [6.07, 6.45) is 4.87. The van der Waals surface area contributed by atoms with E-state index in [2.05, 4.69) is 19.1 Å². The molecule has 0 saturated heterocycles. The van der Waals surface area contributed by atoms with Crippen LogP contribution in [-0.4, -0.2) is 5.88 Å². The minimum atomic E-state index is 0.579. The van der Waals surface area contributed by atoms with E-state index >= 15 is 0 Å². The normalized spacial score (nSPS) is 12.3. The Morgan fingerprint density at radius 3 is 2.93 bits per heavy atom. The Bertz CT molecular complexity index is 476. The van der Waals surface area contributed by atoms with Gasteiger partial charge in [-0.2, -0.15) is 0 Å². The van der Waals surface area contributed by atoms with Gasteiger partial charge in [-0.25, -0.2) is 0 Å². The SMILES string of the molecule is CC/C(=C/c1coc2ccccc12)CCl. The third kappa shape index (κ3) is 2.07. The molecule has 78 valence electrons. The molecule has 0 saturated carbocycles. The lowest BCUT2D eigenvalue weighted by Crippen LogP contribution is -1.81. The highest BCUT2D eigenvalue weighted by molar-refractivity contribution is 6.19.